The number of aliphatic hydroxyl groups excluding tert-OH is 6. The molecule has 4 fully saturated rings. The molecule has 4 saturated heterocycles. The van der Waals surface area contributed by atoms with Crippen LogP contribution in [-0.4, -0.2) is 284 Å². The number of aliphatic hydroxyl groups is 6. The number of rotatable bonds is 45. The minimum atomic E-state index is -6.09. The third-order valence-corrected chi connectivity index (χ3v) is 24.1. The van der Waals surface area contributed by atoms with Crippen LogP contribution < -0.4 is 27.0 Å². The van der Waals surface area contributed by atoms with Gasteiger partial charge in [0.2, 0.25) is 5.91 Å². The first-order chi connectivity index (χ1) is 46.0. The lowest BCUT2D eigenvalue weighted by Crippen LogP contribution is -3.00. The summed E-state index contributed by atoms with van der Waals surface area (Å²) in [7, 11) is -29.8. The molecule has 15 N–H and O–H groups in total. The van der Waals surface area contributed by atoms with Crippen LogP contribution in [0.15, 0.2) is 0 Å². The number of amides is 1. The van der Waals surface area contributed by atoms with Gasteiger partial charge in [-0.3, -0.25) is 27.6 Å². The number of ether oxygens (including phenoxy) is 7. The van der Waals surface area contributed by atoms with Gasteiger partial charge in [-0.05, 0) is 32.1 Å². The highest BCUT2D eigenvalue weighted by Gasteiger charge is 2.60. The number of hydrogen-bond donors (Lipinski definition) is 15. The van der Waals surface area contributed by atoms with Crippen molar-refractivity contribution in [2.75, 3.05) is 37.9 Å². The average Bonchev–Trinajstić information content (AvgIpc) is 0.762. The number of hydrogen-bond acceptors (Lipinski definition) is 30. The van der Waals surface area contributed by atoms with Gasteiger partial charge in [-0.1, -0.05) is 124 Å². The van der Waals surface area contributed by atoms with Crippen LogP contribution in [0, 0.1) is 0 Å². The van der Waals surface area contributed by atoms with Gasteiger partial charge in [0, 0.05) is 14.2 Å². The summed E-state index contributed by atoms with van der Waals surface area (Å²) in [5.74, 6) is -5.49. The molecule has 20 atom stereocenters. The molecule has 0 unspecified atom stereocenters. The molecule has 0 aromatic rings. The van der Waals surface area contributed by atoms with Crippen molar-refractivity contribution in [1.29, 1.82) is 0 Å². The smallest absolute Gasteiger partial charge is 0.397 e. The van der Waals surface area contributed by atoms with Gasteiger partial charge in [0.15, 0.2) is 49.6 Å². The topological polar surface area (TPSA) is 610 Å². The van der Waals surface area contributed by atoms with Crippen LogP contribution in [0.3, 0.4) is 0 Å². The maximum absolute atomic E-state index is 12.7. The molecule has 4 aliphatic heterocycles. The molecule has 39 nitrogen and oxygen atoms in total. The molecule has 4 heterocycles. The number of carbonyl (C=O) groups excluding carboxylic acids is 1. The second kappa shape index (κ2) is 44.4. The number of unbranched alkanes of at least 4 members (excludes halogenated alkanes) is 16. The molecular weight excluding hydrogens is 1540 g/mol. The highest BCUT2D eigenvalue weighted by Crippen LogP contribution is 2.61. The second-order valence-electron chi connectivity index (χ2n) is 24.5. The Morgan fingerprint density at radius 2 is 0.830 bits per heavy atom. The molecule has 0 bridgehead atoms. The lowest BCUT2D eigenvalue weighted by Gasteiger charge is -2.50. The Labute approximate surface area is 594 Å². The Balaban J connectivity index is 0.000000952. The number of aliphatic carboxylic acids is 2. The van der Waals surface area contributed by atoms with Crippen molar-refractivity contribution in [3.8, 4) is 0 Å². The Bertz CT molecular complexity index is 3000. The minimum absolute atomic E-state index is 0. The van der Waals surface area contributed by atoms with Crippen LogP contribution in [0.2, 0.25) is 0 Å². The third-order valence-electron chi connectivity index (χ3n) is 16.6. The lowest BCUT2D eigenvalue weighted by atomic mass is 9.94. The van der Waals surface area contributed by atoms with Gasteiger partial charge in [0.25, 0.3) is 0 Å². The maximum Gasteiger partial charge on any atom is 0.397 e. The highest BCUT2D eigenvalue weighted by molar-refractivity contribution is 7.83. The quantitative estimate of drug-likeness (QED) is 0.0166. The van der Waals surface area contributed by atoms with E-state index in [1.165, 1.54) is 127 Å². The standard InChI is InChI=1S/C28H60P.C26H42N2O37S5.BrH/c1-5-9-13-14-15-16-17-18-19-20-21-22-23-24-28-29(25-10-6-2,26-11-7-3)27-12-8-4;1-4(30)27-7-9(31)13(6(56-23(7)39)3-55-67(43,44)45)58-26-19(65-70(52,53)54)12(34)16(20(62-26)22(37)38)60-24-8(28-66(40,41)42)15(63-68(46,47)48)14(5(2-29)57-24)59-25-18(64-69(49,50)51)11(33)10(32)17(61-25)21(35)36;/h5-28H2,1-4H3;5-20,23-26,28-29,31-34,39H,2-3H2,1H3,(H,27,30)(H,35,36)(H,37,38)(H,40,41,42)(H,43,44,45)(H,46,47,48)(H,49,50,51)(H,52,53,54);1H/q+1;;/p-1/t;5-,6+,7-,8-,9-,10-,11-,12+,13-,14-,15-,16+,17-,18+,19-,20+,23-,24+,25+,26-;/m.1./s1. The average molecular weight is 1640 g/mol. The summed E-state index contributed by atoms with van der Waals surface area (Å²) in [6.07, 6.45) is -13.1. The van der Waals surface area contributed by atoms with Gasteiger partial charge in [-0.25, -0.2) is 26.3 Å². The molecule has 0 spiro atoms. The number of carboxylic acid groups (broad SMARTS) is 2. The Morgan fingerprint density at radius 3 is 1.24 bits per heavy atom. The molecule has 4 aliphatic rings. The van der Waals surface area contributed by atoms with E-state index in [2.05, 4.69) is 44.4 Å². The first-order valence-electron chi connectivity index (χ1n) is 32.6. The fourth-order valence-corrected chi connectivity index (χ4v) is 19.4. The van der Waals surface area contributed by atoms with E-state index in [1.54, 1.807) is 31.1 Å². The summed E-state index contributed by atoms with van der Waals surface area (Å²) >= 11 is 0. The van der Waals surface area contributed by atoms with Gasteiger partial charge < -0.3 is 96.3 Å². The monoisotopic (exact) mass is 1640 g/mol. The third kappa shape index (κ3) is 33.1. The molecule has 1 amide bonds. The fraction of sp³-hybridized carbons (Fsp3) is 0.944. The molecule has 46 heteroatoms. The molecular formula is C54H102BrN2O37PS5. The van der Waals surface area contributed by atoms with Crippen molar-refractivity contribution in [3.05, 3.63) is 0 Å². The highest BCUT2D eigenvalue weighted by atomic mass is 79.9. The van der Waals surface area contributed by atoms with Crippen LogP contribution in [0.25, 0.3) is 0 Å². The summed E-state index contributed by atoms with van der Waals surface area (Å²) in [5.41, 5.74) is 0. The van der Waals surface area contributed by atoms with E-state index in [0.29, 0.717) is 0 Å². The molecule has 0 radical (unpaired) electrons. The molecule has 0 aromatic carbocycles. The van der Waals surface area contributed by atoms with E-state index in [-0.39, 0.29) is 17.0 Å². The minimum Gasteiger partial charge on any atom is -1.00 e. The van der Waals surface area contributed by atoms with E-state index in [0.717, 1.165) is 6.92 Å². The lowest BCUT2D eigenvalue weighted by molar-refractivity contribution is -0.366. The normalized spacial score (nSPS) is 30.9. The van der Waals surface area contributed by atoms with Crippen molar-refractivity contribution < 1.29 is 187 Å². The zero-order valence-electron chi connectivity index (χ0n) is 55.9. The zero-order chi connectivity index (χ0) is 74.9. The fourth-order valence-electron chi connectivity index (χ4n) is 11.8. The molecule has 100 heavy (non-hydrogen) atoms. The van der Waals surface area contributed by atoms with E-state index >= 15 is 0 Å². The van der Waals surface area contributed by atoms with Crippen LogP contribution >= 0.6 is 7.26 Å². The van der Waals surface area contributed by atoms with E-state index in [9.17, 15) is 116 Å². The van der Waals surface area contributed by atoms with Crippen LogP contribution in [0.4, 0.5) is 0 Å². The summed E-state index contributed by atoms with van der Waals surface area (Å²) in [6.45, 7) is 7.24. The summed E-state index contributed by atoms with van der Waals surface area (Å²) < 4.78 is 222. The van der Waals surface area contributed by atoms with Gasteiger partial charge >= 0.3 is 63.8 Å². The van der Waals surface area contributed by atoms with Crippen LogP contribution in [0.1, 0.15) is 163 Å². The van der Waals surface area contributed by atoms with Gasteiger partial charge in [0.05, 0.1) is 37.9 Å². The van der Waals surface area contributed by atoms with Crippen LogP contribution in [0.5, 0.6) is 0 Å². The first-order valence-corrected chi connectivity index (χ1v) is 42.0. The van der Waals surface area contributed by atoms with E-state index < -0.39 is 213 Å². The van der Waals surface area contributed by atoms with Crippen molar-refractivity contribution in [1.82, 2.24) is 10.0 Å². The number of nitrogens with one attached hydrogen (secondary N) is 2. The summed E-state index contributed by atoms with van der Waals surface area (Å²) in [5, 5.41) is 86.0. The number of carbonyl (C=O) groups is 3. The summed E-state index contributed by atoms with van der Waals surface area (Å²) in [6, 6.07) is -4.96. The Hall–Kier alpha value is -1.85. The molecule has 0 aliphatic carbocycles. The molecule has 592 valence electrons. The largest absolute Gasteiger partial charge is 1.00 e. The zero-order valence-corrected chi connectivity index (χ0v) is 62.5. The summed E-state index contributed by atoms with van der Waals surface area (Å²) in [4.78, 5) is 36.4. The predicted octanol–water partition coefficient (Wildman–Crippen LogP) is -2.82. The Kier molecular flexibility index (Phi) is 41.9. The molecule has 0 aromatic heterocycles. The van der Waals surface area contributed by atoms with Crippen molar-refractivity contribution in [2.24, 2.45) is 0 Å². The van der Waals surface area contributed by atoms with Crippen LogP contribution in [-0.2, 0) is 116 Å². The van der Waals surface area contributed by atoms with E-state index in [4.69, 9.17) is 37.7 Å². The molecule has 4 rings (SSSR count). The number of carboxylic acids is 2. The SMILES string of the molecule is CC(=O)N[C@@H]1[C@@H](O)[C@H](O[C@@H]2O[C@H](C(=O)O)[C@@H](O[C@@H]3O[C@H](CO)[C@@H](O[C@H]4O[C@@H](C(=O)O)[C@H](O)[C@@H](O)[C@@H]4OS(=O)(=O)O)[C@H](OS(=O)(=O)O)[C@H]3NS(=O)(=O)O)[C@H](O)[C@H]2OS(=O)(=O)O)[C@H](COS(=O)(=O)O)O[C@H]1O.CCCCCCCCCCCCCCCC[P+](CCCC)(CCCC)CCCC.[Br-]. The predicted molar refractivity (Wildman–Crippen MR) is 342 cm³/mol. The molecule has 0 saturated carbocycles. The Morgan fingerprint density at radius 1 is 0.430 bits per heavy atom. The first kappa shape index (κ1) is 94.2. The van der Waals surface area contributed by atoms with Crippen molar-refractivity contribution >= 4 is 77.0 Å². The van der Waals surface area contributed by atoms with Gasteiger partial charge in [-0.2, -0.15) is 46.8 Å². The van der Waals surface area contributed by atoms with Gasteiger partial charge in [-0.15, -0.1) is 0 Å². The van der Waals surface area contributed by atoms with Gasteiger partial charge in [0.1, 0.15) is 73.1 Å². The maximum atomic E-state index is 12.7. The second-order valence-corrected chi connectivity index (χ2v) is 34.4. The van der Waals surface area contributed by atoms with Crippen molar-refractivity contribution in [3.63, 3.8) is 0 Å². The van der Waals surface area contributed by atoms with Crippen molar-refractivity contribution in [2.45, 2.75) is 286 Å². The van der Waals surface area contributed by atoms with E-state index in [1.807, 2.05) is 5.32 Å². The number of halogens is 1.